The number of nitrogens with zero attached hydrogens (tertiary/aromatic N) is 2. The van der Waals surface area contributed by atoms with Crippen molar-refractivity contribution in [3.05, 3.63) is 46.8 Å². The zero-order valence-corrected chi connectivity index (χ0v) is 11.1. The summed E-state index contributed by atoms with van der Waals surface area (Å²) in [5.74, 6) is -1.84. The predicted molar refractivity (Wildman–Crippen MR) is 69.9 cm³/mol. The summed E-state index contributed by atoms with van der Waals surface area (Å²) < 4.78 is 27.6. The van der Waals surface area contributed by atoms with Crippen LogP contribution >= 0.6 is 0 Å². The van der Waals surface area contributed by atoms with Crippen LogP contribution in [0.4, 0.5) is 14.5 Å². The van der Waals surface area contributed by atoms with Gasteiger partial charge in [-0.2, -0.15) is 5.10 Å². The van der Waals surface area contributed by atoms with E-state index >= 15 is 0 Å². The molecule has 1 aromatic heterocycles. The molecule has 20 heavy (non-hydrogen) atoms. The number of aromatic nitrogens is 2. The highest BCUT2D eigenvalue weighted by Gasteiger charge is 2.17. The number of carbonyl (C=O) groups excluding carboxylic acids is 1. The average molecular weight is 280 g/mol. The minimum absolute atomic E-state index is 0.0609. The quantitative estimate of drug-likeness (QED) is 0.895. The molecule has 0 bridgehead atoms. The number of nitrogens with two attached hydrogens (primary N) is 1. The van der Waals surface area contributed by atoms with Gasteiger partial charge in [-0.05, 0) is 13.0 Å². The van der Waals surface area contributed by atoms with Crippen LogP contribution in [0, 0.1) is 18.6 Å². The number of benzene rings is 1. The van der Waals surface area contributed by atoms with Crippen LogP contribution in [0.5, 0.6) is 0 Å². The molecule has 0 saturated heterocycles. The van der Waals surface area contributed by atoms with Gasteiger partial charge in [0.25, 0.3) is 5.91 Å². The third kappa shape index (κ3) is 2.61. The van der Waals surface area contributed by atoms with Crippen molar-refractivity contribution in [2.24, 2.45) is 7.05 Å². The van der Waals surface area contributed by atoms with E-state index in [9.17, 15) is 13.6 Å². The monoisotopic (exact) mass is 280 g/mol. The minimum Gasteiger partial charge on any atom is -0.395 e. The summed E-state index contributed by atoms with van der Waals surface area (Å²) in [5, 5.41) is 6.55. The van der Waals surface area contributed by atoms with Crippen molar-refractivity contribution >= 4 is 11.6 Å². The van der Waals surface area contributed by atoms with Crippen LogP contribution in [0.25, 0.3) is 0 Å². The van der Waals surface area contributed by atoms with Crippen molar-refractivity contribution in [3.8, 4) is 0 Å². The first-order valence-electron chi connectivity index (χ1n) is 5.91. The van der Waals surface area contributed by atoms with Crippen molar-refractivity contribution in [2.75, 3.05) is 5.73 Å². The van der Waals surface area contributed by atoms with Crippen LogP contribution in [0.3, 0.4) is 0 Å². The van der Waals surface area contributed by atoms with Gasteiger partial charge in [-0.1, -0.05) is 6.07 Å². The molecule has 2 rings (SSSR count). The van der Waals surface area contributed by atoms with E-state index in [2.05, 4.69) is 10.4 Å². The minimum atomic E-state index is -0.709. The van der Waals surface area contributed by atoms with Crippen LogP contribution in [0.2, 0.25) is 0 Å². The summed E-state index contributed by atoms with van der Waals surface area (Å²) in [6.07, 6.45) is 0. The molecule has 0 aliphatic heterocycles. The second kappa shape index (κ2) is 5.28. The third-order valence-electron chi connectivity index (χ3n) is 2.94. The zero-order chi connectivity index (χ0) is 14.9. The highest BCUT2D eigenvalue weighted by molar-refractivity contribution is 5.97. The SMILES string of the molecule is Cc1nn(C)c(C(=O)NCc2ccc(F)cc2F)c1N. The van der Waals surface area contributed by atoms with Gasteiger partial charge >= 0.3 is 0 Å². The van der Waals surface area contributed by atoms with Gasteiger partial charge in [-0.15, -0.1) is 0 Å². The molecule has 1 amide bonds. The highest BCUT2D eigenvalue weighted by Crippen LogP contribution is 2.15. The number of halogens is 2. The number of aryl methyl sites for hydroxylation is 2. The first-order chi connectivity index (χ1) is 9.40. The molecule has 0 radical (unpaired) electrons. The van der Waals surface area contributed by atoms with Crippen molar-refractivity contribution in [2.45, 2.75) is 13.5 Å². The first-order valence-corrected chi connectivity index (χ1v) is 5.91. The maximum atomic E-state index is 13.4. The Morgan fingerprint density at radius 3 is 2.70 bits per heavy atom. The molecule has 0 fully saturated rings. The van der Waals surface area contributed by atoms with Crippen LogP contribution in [-0.2, 0) is 13.6 Å². The molecule has 3 N–H and O–H groups in total. The standard InChI is InChI=1S/C13H14F2N4O/c1-7-11(16)12(19(2)18-7)13(20)17-6-8-3-4-9(14)5-10(8)15/h3-5H,6,16H2,1-2H3,(H,17,20). The predicted octanol–water partition coefficient (Wildman–Crippen LogP) is 1.52. The fraction of sp³-hybridized carbons (Fsp3) is 0.231. The van der Waals surface area contributed by atoms with Gasteiger partial charge in [0.15, 0.2) is 0 Å². The first kappa shape index (κ1) is 14.0. The average Bonchev–Trinajstić information content (AvgIpc) is 2.62. The Morgan fingerprint density at radius 1 is 1.45 bits per heavy atom. The fourth-order valence-corrected chi connectivity index (χ4v) is 1.87. The van der Waals surface area contributed by atoms with Gasteiger partial charge in [-0.25, -0.2) is 8.78 Å². The molecule has 0 aliphatic rings. The van der Waals surface area contributed by atoms with Crippen molar-refractivity contribution in [1.29, 1.82) is 0 Å². The smallest absolute Gasteiger partial charge is 0.271 e. The Labute approximate surface area is 114 Å². The lowest BCUT2D eigenvalue weighted by Crippen LogP contribution is -2.26. The molecular weight excluding hydrogens is 266 g/mol. The van der Waals surface area contributed by atoms with Crippen molar-refractivity contribution < 1.29 is 13.6 Å². The zero-order valence-electron chi connectivity index (χ0n) is 11.1. The number of nitrogen functional groups attached to an aromatic ring is 1. The fourth-order valence-electron chi connectivity index (χ4n) is 1.87. The maximum absolute atomic E-state index is 13.4. The summed E-state index contributed by atoms with van der Waals surface area (Å²) in [5.41, 5.74) is 6.99. The van der Waals surface area contributed by atoms with Crippen molar-refractivity contribution in [3.63, 3.8) is 0 Å². The van der Waals surface area contributed by atoms with Gasteiger partial charge in [0, 0.05) is 25.2 Å². The molecule has 2 aromatic rings. The van der Waals surface area contributed by atoms with E-state index in [1.54, 1.807) is 14.0 Å². The molecule has 1 heterocycles. The summed E-state index contributed by atoms with van der Waals surface area (Å²) in [4.78, 5) is 12.0. The molecule has 1 aromatic carbocycles. The lowest BCUT2D eigenvalue weighted by atomic mass is 10.2. The Morgan fingerprint density at radius 2 is 2.15 bits per heavy atom. The Bertz CT molecular complexity index is 667. The Kier molecular flexibility index (Phi) is 3.69. The molecular formula is C13H14F2N4O. The number of hydrogen-bond acceptors (Lipinski definition) is 3. The van der Waals surface area contributed by atoms with E-state index < -0.39 is 17.5 Å². The van der Waals surface area contributed by atoms with Gasteiger partial charge in [-0.3, -0.25) is 9.48 Å². The number of rotatable bonds is 3. The summed E-state index contributed by atoms with van der Waals surface area (Å²) >= 11 is 0. The van der Waals surface area contributed by atoms with Gasteiger partial charge in [0.1, 0.15) is 17.3 Å². The summed E-state index contributed by atoms with van der Waals surface area (Å²) in [6.45, 7) is 1.63. The van der Waals surface area contributed by atoms with Crippen LogP contribution in [0.1, 0.15) is 21.7 Å². The number of carbonyl (C=O) groups is 1. The summed E-state index contributed by atoms with van der Waals surface area (Å²) in [7, 11) is 1.59. The largest absolute Gasteiger partial charge is 0.395 e. The lowest BCUT2D eigenvalue weighted by molar-refractivity contribution is 0.0942. The van der Waals surface area contributed by atoms with E-state index in [4.69, 9.17) is 5.73 Å². The maximum Gasteiger partial charge on any atom is 0.271 e. The molecule has 5 nitrogen and oxygen atoms in total. The Hall–Kier alpha value is -2.44. The number of anilines is 1. The van der Waals surface area contributed by atoms with Crippen LogP contribution in [-0.4, -0.2) is 15.7 Å². The van der Waals surface area contributed by atoms with Gasteiger partial charge in [0.05, 0.1) is 11.4 Å². The van der Waals surface area contributed by atoms with E-state index in [-0.39, 0.29) is 23.5 Å². The van der Waals surface area contributed by atoms with Crippen molar-refractivity contribution in [1.82, 2.24) is 15.1 Å². The lowest BCUT2D eigenvalue weighted by Gasteiger charge is -2.07. The third-order valence-corrected chi connectivity index (χ3v) is 2.94. The number of nitrogens with one attached hydrogen (secondary N) is 1. The van der Waals surface area contributed by atoms with Gasteiger partial charge < -0.3 is 11.1 Å². The van der Waals surface area contributed by atoms with E-state index in [1.165, 1.54) is 10.7 Å². The second-order valence-electron chi connectivity index (χ2n) is 4.39. The molecule has 7 heteroatoms. The van der Waals surface area contributed by atoms with E-state index in [0.717, 1.165) is 12.1 Å². The molecule has 0 saturated carbocycles. The molecule has 0 aliphatic carbocycles. The molecule has 0 unspecified atom stereocenters. The normalized spacial score (nSPS) is 10.6. The second-order valence-corrected chi connectivity index (χ2v) is 4.39. The molecule has 106 valence electrons. The summed E-state index contributed by atoms with van der Waals surface area (Å²) in [6, 6.07) is 3.18. The van der Waals surface area contributed by atoms with Crippen LogP contribution in [0.15, 0.2) is 18.2 Å². The number of hydrogen-bond donors (Lipinski definition) is 2. The molecule has 0 atom stereocenters. The van der Waals surface area contributed by atoms with E-state index in [1.807, 2.05) is 0 Å². The highest BCUT2D eigenvalue weighted by atomic mass is 19.1. The Balaban J connectivity index is 2.13. The topological polar surface area (TPSA) is 72.9 Å². The van der Waals surface area contributed by atoms with Crippen LogP contribution < -0.4 is 11.1 Å². The van der Waals surface area contributed by atoms with Gasteiger partial charge in [0.2, 0.25) is 0 Å². The number of amides is 1. The van der Waals surface area contributed by atoms with E-state index in [0.29, 0.717) is 5.69 Å². The molecule has 0 spiro atoms.